The number of aromatic nitrogens is 1. The second-order valence-corrected chi connectivity index (χ2v) is 12.8. The fourth-order valence-electron chi connectivity index (χ4n) is 5.56. The molecule has 41 heavy (non-hydrogen) atoms. The number of hydrogen-bond donors (Lipinski definition) is 0. The first kappa shape index (κ1) is 26.2. The van der Waals surface area contributed by atoms with Crippen molar-refractivity contribution in [3.05, 3.63) is 141 Å². The van der Waals surface area contributed by atoms with Gasteiger partial charge in [0.05, 0.1) is 27.9 Å². The highest BCUT2D eigenvalue weighted by atomic mass is 79.9. The molecule has 7 rings (SSSR count). The molecule has 0 unspecified atom stereocenters. The first-order chi connectivity index (χ1) is 20.1. The van der Waals surface area contributed by atoms with E-state index in [2.05, 4.69) is 57.7 Å². The molecule has 0 N–H and O–H groups in total. The minimum atomic E-state index is -0.146. The van der Waals surface area contributed by atoms with Crippen LogP contribution in [0.2, 0.25) is 0 Å². The zero-order chi connectivity index (χ0) is 27.9. The molecule has 0 radical (unpaired) electrons. The lowest BCUT2D eigenvalue weighted by molar-refractivity contribution is 0.282. The van der Waals surface area contributed by atoms with Crippen molar-refractivity contribution in [2.24, 2.45) is 4.99 Å². The maximum atomic E-state index is 14.0. The quantitative estimate of drug-likeness (QED) is 0.207. The second-order valence-electron chi connectivity index (χ2n) is 9.94. The first-order valence-corrected chi connectivity index (χ1v) is 15.8. The number of hydrogen-bond acceptors (Lipinski definition) is 6. The zero-order valence-electron chi connectivity index (χ0n) is 22.2. The third-order valence-corrected chi connectivity index (χ3v) is 9.96. The normalized spacial score (nSPS) is 16.0. The van der Waals surface area contributed by atoms with Gasteiger partial charge < -0.3 is 9.47 Å². The van der Waals surface area contributed by atoms with Gasteiger partial charge in [-0.2, -0.15) is 0 Å². The molecule has 0 saturated heterocycles. The van der Waals surface area contributed by atoms with Crippen molar-refractivity contribution in [2.45, 2.75) is 25.5 Å². The number of ether oxygens (including phenoxy) is 2. The second kappa shape index (κ2) is 10.9. The standard InChI is InChI=1S/C33H25BrN2O3S2/c1-38-26-17-21(16-25(34)31(26)39-19-20-8-3-2-4-9-20)18-28-32(37)36-30(27-12-7-15-40-27)24-14-13-22-10-5-6-11-23(22)29(24)35-33(36)41-28/h2-12,15-18,30H,13-14,19H2,1H3/b28-18+/t30-/m0/s1. The van der Waals surface area contributed by atoms with E-state index in [1.807, 2.05) is 53.1 Å². The van der Waals surface area contributed by atoms with Gasteiger partial charge in [-0.15, -0.1) is 11.3 Å². The molecule has 1 aliphatic heterocycles. The van der Waals surface area contributed by atoms with Gasteiger partial charge >= 0.3 is 0 Å². The van der Waals surface area contributed by atoms with Gasteiger partial charge in [0.15, 0.2) is 16.3 Å². The monoisotopic (exact) mass is 640 g/mol. The largest absolute Gasteiger partial charge is 0.493 e. The Morgan fingerprint density at radius 3 is 2.68 bits per heavy atom. The number of aryl methyl sites for hydroxylation is 1. The smallest absolute Gasteiger partial charge is 0.271 e. The molecule has 3 aromatic carbocycles. The van der Waals surface area contributed by atoms with Crippen molar-refractivity contribution >= 4 is 50.4 Å². The van der Waals surface area contributed by atoms with E-state index in [4.69, 9.17) is 14.5 Å². The molecule has 5 aromatic rings. The maximum Gasteiger partial charge on any atom is 0.271 e. The van der Waals surface area contributed by atoms with E-state index in [0.717, 1.165) is 43.8 Å². The summed E-state index contributed by atoms with van der Waals surface area (Å²) in [5.41, 5.74) is 6.59. The van der Waals surface area contributed by atoms with Crippen molar-refractivity contribution in [1.82, 2.24) is 4.57 Å². The predicted octanol–water partition coefficient (Wildman–Crippen LogP) is 6.73. The van der Waals surface area contributed by atoms with Gasteiger partial charge in [-0.3, -0.25) is 9.36 Å². The molecule has 1 atom stereocenters. The average molecular weight is 642 g/mol. The third kappa shape index (κ3) is 4.80. The summed E-state index contributed by atoms with van der Waals surface area (Å²) < 4.78 is 15.1. The van der Waals surface area contributed by atoms with E-state index in [1.54, 1.807) is 18.4 Å². The summed E-state index contributed by atoms with van der Waals surface area (Å²) in [6, 6.07) is 26.4. The Hall–Kier alpha value is -3.72. The van der Waals surface area contributed by atoms with Crippen molar-refractivity contribution in [3.8, 4) is 11.5 Å². The first-order valence-electron chi connectivity index (χ1n) is 13.3. The number of allylic oxidation sites excluding steroid dienone is 1. The van der Waals surface area contributed by atoms with Crippen LogP contribution in [0.4, 0.5) is 0 Å². The fraction of sp³-hybridized carbons (Fsp3) is 0.152. The summed E-state index contributed by atoms with van der Waals surface area (Å²) in [5.74, 6) is 1.22. The van der Waals surface area contributed by atoms with Crippen LogP contribution >= 0.6 is 38.6 Å². The van der Waals surface area contributed by atoms with Gasteiger partial charge in [0.2, 0.25) is 0 Å². The molecule has 0 spiro atoms. The Morgan fingerprint density at radius 1 is 1.05 bits per heavy atom. The lowest BCUT2D eigenvalue weighted by Gasteiger charge is -2.30. The van der Waals surface area contributed by atoms with Gasteiger partial charge in [0.25, 0.3) is 5.56 Å². The SMILES string of the molecule is COc1cc(/C=c2/sc3n(c2=O)[C@H](c2cccs2)C2=C(N=3)c3ccccc3CC2)cc(Br)c1OCc1ccccc1. The Kier molecular flexibility index (Phi) is 6.98. The zero-order valence-corrected chi connectivity index (χ0v) is 25.4. The Morgan fingerprint density at radius 2 is 1.88 bits per heavy atom. The molecule has 5 nitrogen and oxygen atoms in total. The van der Waals surface area contributed by atoms with E-state index in [0.29, 0.717) is 22.6 Å². The predicted molar refractivity (Wildman–Crippen MR) is 169 cm³/mol. The van der Waals surface area contributed by atoms with Crippen molar-refractivity contribution in [2.75, 3.05) is 7.11 Å². The minimum absolute atomic E-state index is 0.0305. The summed E-state index contributed by atoms with van der Waals surface area (Å²) in [4.78, 5) is 21.0. The molecule has 8 heteroatoms. The summed E-state index contributed by atoms with van der Waals surface area (Å²) >= 11 is 6.78. The summed E-state index contributed by atoms with van der Waals surface area (Å²) in [6.07, 6.45) is 3.75. The van der Waals surface area contributed by atoms with Crippen LogP contribution in [-0.2, 0) is 13.0 Å². The fourth-order valence-corrected chi connectivity index (χ4v) is 7.99. The molecule has 3 heterocycles. The number of thiophene rings is 1. The molecule has 0 fully saturated rings. The molecule has 2 aliphatic rings. The van der Waals surface area contributed by atoms with Crippen LogP contribution in [0.1, 0.15) is 39.6 Å². The Balaban J connectivity index is 1.32. The topological polar surface area (TPSA) is 52.8 Å². The highest BCUT2D eigenvalue weighted by Gasteiger charge is 2.33. The highest BCUT2D eigenvalue weighted by Crippen LogP contribution is 2.42. The van der Waals surface area contributed by atoms with Crippen molar-refractivity contribution in [1.29, 1.82) is 0 Å². The van der Waals surface area contributed by atoms with E-state index < -0.39 is 0 Å². The van der Waals surface area contributed by atoms with Crippen LogP contribution in [0.3, 0.4) is 0 Å². The summed E-state index contributed by atoms with van der Waals surface area (Å²) in [6.45, 7) is 0.421. The number of fused-ring (bicyclic) bond motifs is 3. The Bertz CT molecular complexity index is 1980. The van der Waals surface area contributed by atoms with Crippen LogP contribution in [-0.4, -0.2) is 11.7 Å². The van der Waals surface area contributed by atoms with Gasteiger partial charge in [0.1, 0.15) is 6.61 Å². The summed E-state index contributed by atoms with van der Waals surface area (Å²) in [5, 5.41) is 2.08. The number of rotatable bonds is 6. The van der Waals surface area contributed by atoms with Crippen LogP contribution < -0.4 is 24.4 Å². The number of nitrogens with zero attached hydrogens (tertiary/aromatic N) is 2. The molecule has 2 aromatic heterocycles. The molecular weight excluding hydrogens is 616 g/mol. The van der Waals surface area contributed by atoms with Crippen LogP contribution in [0, 0.1) is 0 Å². The molecule has 0 amide bonds. The van der Waals surface area contributed by atoms with Crippen molar-refractivity contribution in [3.63, 3.8) is 0 Å². The number of thiazole rings is 1. The van der Waals surface area contributed by atoms with Crippen LogP contribution in [0.15, 0.2) is 104 Å². The average Bonchev–Trinajstić information content (AvgIpc) is 3.64. The number of methoxy groups -OCH3 is 1. The molecule has 0 saturated carbocycles. The maximum absolute atomic E-state index is 14.0. The minimum Gasteiger partial charge on any atom is -0.493 e. The lowest BCUT2D eigenvalue weighted by atomic mass is 9.85. The molecule has 1 aliphatic carbocycles. The number of benzene rings is 3. The van der Waals surface area contributed by atoms with E-state index in [-0.39, 0.29) is 11.6 Å². The Labute approximate surface area is 253 Å². The third-order valence-electron chi connectivity index (χ3n) is 7.46. The van der Waals surface area contributed by atoms with Crippen LogP contribution in [0.25, 0.3) is 11.8 Å². The number of halogens is 1. The molecule has 204 valence electrons. The molecular formula is C33H25BrN2O3S2. The van der Waals surface area contributed by atoms with Gasteiger partial charge in [-0.25, -0.2) is 4.99 Å². The van der Waals surface area contributed by atoms with E-state index in [1.165, 1.54) is 28.0 Å². The van der Waals surface area contributed by atoms with E-state index >= 15 is 0 Å². The lowest BCUT2D eigenvalue weighted by Crippen LogP contribution is -2.38. The van der Waals surface area contributed by atoms with Gasteiger partial charge in [0, 0.05) is 10.4 Å². The summed E-state index contributed by atoms with van der Waals surface area (Å²) in [7, 11) is 1.62. The molecule has 0 bridgehead atoms. The highest BCUT2D eigenvalue weighted by molar-refractivity contribution is 9.10. The van der Waals surface area contributed by atoms with Crippen LogP contribution in [0.5, 0.6) is 11.5 Å². The van der Waals surface area contributed by atoms with Crippen molar-refractivity contribution < 1.29 is 9.47 Å². The van der Waals surface area contributed by atoms with E-state index in [9.17, 15) is 4.79 Å². The van der Waals surface area contributed by atoms with Gasteiger partial charge in [-0.05, 0) is 80.7 Å². The van der Waals surface area contributed by atoms with Gasteiger partial charge in [-0.1, -0.05) is 72.0 Å².